The fraction of sp³-hybridized carbons (Fsp3) is 0.625. The van der Waals surface area contributed by atoms with Crippen LogP contribution in [0.25, 0.3) is 0 Å². The van der Waals surface area contributed by atoms with Crippen LogP contribution in [0.3, 0.4) is 0 Å². The number of hydrogen-bond donors (Lipinski definition) is 0. The van der Waals surface area contributed by atoms with Crippen molar-refractivity contribution in [3.05, 3.63) is 5.69 Å². The molecule has 0 N–H and O–H groups in total. The molecule has 0 saturated carbocycles. The van der Waals surface area contributed by atoms with Gasteiger partial charge in [0.25, 0.3) is 0 Å². The minimum atomic E-state index is -0.510. The Kier molecular flexibility index (Phi) is 3.44. The van der Waals surface area contributed by atoms with Crippen molar-refractivity contribution >= 4 is 5.97 Å². The number of ether oxygens (including phenoxy) is 2. The molecular weight excluding hydrogens is 186 g/mol. The number of methoxy groups -OCH3 is 1. The van der Waals surface area contributed by atoms with Gasteiger partial charge in [0, 0.05) is 6.54 Å². The molecule has 0 bridgehead atoms. The molecule has 6 heteroatoms. The summed E-state index contributed by atoms with van der Waals surface area (Å²) < 4.78 is 11.3. The van der Waals surface area contributed by atoms with Crippen LogP contribution in [-0.2, 0) is 11.3 Å². The standard InChI is InChI=1S/C8H13N3O3/c1-4-11-7(13-3)6(9-10-11)8(12)14-5-2/h4-5H2,1-3H3. The van der Waals surface area contributed by atoms with E-state index in [2.05, 4.69) is 10.3 Å². The van der Waals surface area contributed by atoms with E-state index in [-0.39, 0.29) is 5.69 Å². The lowest BCUT2D eigenvalue weighted by Crippen LogP contribution is -2.08. The number of hydrogen-bond acceptors (Lipinski definition) is 5. The van der Waals surface area contributed by atoms with Crippen LogP contribution in [0.15, 0.2) is 0 Å². The first-order chi connectivity index (χ1) is 6.74. The van der Waals surface area contributed by atoms with E-state index in [1.165, 1.54) is 11.8 Å². The molecule has 0 fully saturated rings. The summed E-state index contributed by atoms with van der Waals surface area (Å²) in [5.74, 6) is -0.171. The average molecular weight is 199 g/mol. The van der Waals surface area contributed by atoms with Crippen molar-refractivity contribution in [1.82, 2.24) is 15.0 Å². The molecule has 1 rings (SSSR count). The summed E-state index contributed by atoms with van der Waals surface area (Å²) in [4.78, 5) is 11.3. The maximum Gasteiger partial charge on any atom is 0.364 e. The monoisotopic (exact) mass is 199 g/mol. The van der Waals surface area contributed by atoms with E-state index in [9.17, 15) is 4.79 Å². The van der Waals surface area contributed by atoms with E-state index in [0.717, 1.165) is 0 Å². The van der Waals surface area contributed by atoms with E-state index in [0.29, 0.717) is 19.0 Å². The third kappa shape index (κ3) is 1.84. The lowest BCUT2D eigenvalue weighted by atomic mass is 10.4. The van der Waals surface area contributed by atoms with Gasteiger partial charge in [-0.25, -0.2) is 9.48 Å². The van der Waals surface area contributed by atoms with Crippen molar-refractivity contribution < 1.29 is 14.3 Å². The normalized spacial score (nSPS) is 9.93. The van der Waals surface area contributed by atoms with Crippen LogP contribution in [0.5, 0.6) is 5.88 Å². The second-order valence-corrected chi connectivity index (χ2v) is 2.48. The van der Waals surface area contributed by atoms with Crippen LogP contribution in [0.4, 0.5) is 0 Å². The van der Waals surface area contributed by atoms with E-state index >= 15 is 0 Å². The number of rotatable bonds is 4. The fourth-order valence-electron chi connectivity index (χ4n) is 1.04. The van der Waals surface area contributed by atoms with E-state index in [1.807, 2.05) is 6.92 Å². The highest BCUT2D eigenvalue weighted by molar-refractivity contribution is 5.89. The highest BCUT2D eigenvalue weighted by atomic mass is 16.5. The quantitative estimate of drug-likeness (QED) is 0.660. The minimum Gasteiger partial charge on any atom is -0.479 e. The molecule has 0 atom stereocenters. The van der Waals surface area contributed by atoms with Crippen LogP contribution >= 0.6 is 0 Å². The summed E-state index contributed by atoms with van der Waals surface area (Å²) in [7, 11) is 1.47. The molecule has 0 radical (unpaired) electrons. The fourth-order valence-corrected chi connectivity index (χ4v) is 1.04. The van der Waals surface area contributed by atoms with Gasteiger partial charge in [-0.1, -0.05) is 5.21 Å². The zero-order valence-corrected chi connectivity index (χ0v) is 8.48. The lowest BCUT2D eigenvalue weighted by molar-refractivity contribution is 0.0515. The summed E-state index contributed by atoms with van der Waals surface area (Å²) in [5.41, 5.74) is 0.121. The van der Waals surface area contributed by atoms with Crippen molar-refractivity contribution in [2.45, 2.75) is 20.4 Å². The molecule has 0 aliphatic rings. The first kappa shape index (κ1) is 10.5. The Hall–Kier alpha value is -1.59. The summed E-state index contributed by atoms with van der Waals surface area (Å²) >= 11 is 0. The van der Waals surface area contributed by atoms with Gasteiger partial charge < -0.3 is 9.47 Å². The van der Waals surface area contributed by atoms with Crippen LogP contribution in [0, 0.1) is 0 Å². The Morgan fingerprint density at radius 1 is 1.50 bits per heavy atom. The molecule has 0 aliphatic heterocycles. The molecule has 14 heavy (non-hydrogen) atoms. The van der Waals surface area contributed by atoms with Gasteiger partial charge in [0.1, 0.15) is 0 Å². The number of esters is 1. The summed E-state index contributed by atoms with van der Waals surface area (Å²) in [5, 5.41) is 7.44. The van der Waals surface area contributed by atoms with Crippen molar-refractivity contribution in [3.63, 3.8) is 0 Å². The van der Waals surface area contributed by atoms with Gasteiger partial charge in [0.15, 0.2) is 0 Å². The summed E-state index contributed by atoms with van der Waals surface area (Å²) in [6.45, 7) is 4.51. The highest BCUT2D eigenvalue weighted by Crippen LogP contribution is 2.15. The van der Waals surface area contributed by atoms with Crippen LogP contribution in [-0.4, -0.2) is 34.7 Å². The van der Waals surface area contributed by atoms with E-state index < -0.39 is 5.97 Å². The van der Waals surface area contributed by atoms with Gasteiger partial charge in [0.2, 0.25) is 11.6 Å². The molecule has 1 aromatic rings. The Morgan fingerprint density at radius 3 is 2.71 bits per heavy atom. The zero-order valence-electron chi connectivity index (χ0n) is 8.48. The van der Waals surface area contributed by atoms with E-state index in [4.69, 9.17) is 9.47 Å². The van der Waals surface area contributed by atoms with Crippen molar-refractivity contribution in [1.29, 1.82) is 0 Å². The topological polar surface area (TPSA) is 66.2 Å². The first-order valence-electron chi connectivity index (χ1n) is 4.39. The Labute approximate surface area is 81.8 Å². The number of aryl methyl sites for hydroxylation is 1. The molecule has 0 amide bonds. The first-order valence-corrected chi connectivity index (χ1v) is 4.39. The Bertz CT molecular complexity index is 322. The number of carbonyl (C=O) groups is 1. The molecule has 0 aliphatic carbocycles. The van der Waals surface area contributed by atoms with Crippen molar-refractivity contribution in [2.24, 2.45) is 0 Å². The smallest absolute Gasteiger partial charge is 0.364 e. The van der Waals surface area contributed by atoms with Crippen molar-refractivity contribution in [2.75, 3.05) is 13.7 Å². The van der Waals surface area contributed by atoms with E-state index in [1.54, 1.807) is 6.92 Å². The molecule has 6 nitrogen and oxygen atoms in total. The minimum absolute atomic E-state index is 0.121. The lowest BCUT2D eigenvalue weighted by Gasteiger charge is -2.03. The van der Waals surface area contributed by atoms with Crippen molar-refractivity contribution in [3.8, 4) is 5.88 Å². The van der Waals surface area contributed by atoms with Gasteiger partial charge in [-0.2, -0.15) is 0 Å². The predicted molar refractivity (Wildman–Crippen MR) is 48.2 cm³/mol. The summed E-state index contributed by atoms with van der Waals surface area (Å²) in [6.07, 6.45) is 0. The molecule has 78 valence electrons. The largest absolute Gasteiger partial charge is 0.479 e. The highest BCUT2D eigenvalue weighted by Gasteiger charge is 2.20. The average Bonchev–Trinajstić information content (AvgIpc) is 2.60. The van der Waals surface area contributed by atoms with Gasteiger partial charge in [0.05, 0.1) is 13.7 Å². The van der Waals surface area contributed by atoms with Crippen LogP contribution < -0.4 is 4.74 Å². The van der Waals surface area contributed by atoms with Gasteiger partial charge in [-0.15, -0.1) is 5.10 Å². The molecule has 1 aromatic heterocycles. The number of aromatic nitrogens is 3. The number of carbonyl (C=O) groups excluding carboxylic acids is 1. The van der Waals surface area contributed by atoms with Crippen LogP contribution in [0.2, 0.25) is 0 Å². The predicted octanol–water partition coefficient (Wildman–Crippen LogP) is 0.483. The van der Waals surface area contributed by atoms with Gasteiger partial charge in [-0.3, -0.25) is 0 Å². The molecule has 0 saturated heterocycles. The Balaban J connectivity index is 2.96. The number of nitrogens with zero attached hydrogens (tertiary/aromatic N) is 3. The maximum absolute atomic E-state index is 11.3. The summed E-state index contributed by atoms with van der Waals surface area (Å²) in [6, 6.07) is 0. The molecular formula is C8H13N3O3. The maximum atomic E-state index is 11.3. The zero-order chi connectivity index (χ0) is 10.6. The molecule has 0 aromatic carbocycles. The van der Waals surface area contributed by atoms with Gasteiger partial charge >= 0.3 is 5.97 Å². The second kappa shape index (κ2) is 4.59. The molecule has 0 unspecified atom stereocenters. The second-order valence-electron chi connectivity index (χ2n) is 2.48. The SMILES string of the molecule is CCOC(=O)c1nnn(CC)c1OC. The van der Waals surface area contributed by atoms with Gasteiger partial charge in [-0.05, 0) is 13.8 Å². The molecule has 0 spiro atoms. The van der Waals surface area contributed by atoms with Crippen LogP contribution in [0.1, 0.15) is 24.3 Å². The Morgan fingerprint density at radius 2 is 2.21 bits per heavy atom. The third-order valence-electron chi connectivity index (χ3n) is 1.65. The molecule has 1 heterocycles. The third-order valence-corrected chi connectivity index (χ3v) is 1.65.